The van der Waals surface area contributed by atoms with Crippen molar-refractivity contribution in [3.05, 3.63) is 35.9 Å². The van der Waals surface area contributed by atoms with E-state index in [4.69, 9.17) is 14.0 Å². The van der Waals surface area contributed by atoms with E-state index in [-0.39, 0.29) is 0 Å². The van der Waals surface area contributed by atoms with Crippen molar-refractivity contribution in [1.82, 2.24) is 0 Å². The fourth-order valence-electron chi connectivity index (χ4n) is 1.16. The predicted molar refractivity (Wildman–Crippen MR) is 60.2 cm³/mol. The number of benzene rings is 1. The summed E-state index contributed by atoms with van der Waals surface area (Å²) in [6.07, 6.45) is 0. The molecule has 0 fully saturated rings. The molecule has 0 spiro atoms. The third-order valence-electron chi connectivity index (χ3n) is 1.83. The first kappa shape index (κ1) is 12.2. The topological polar surface area (TPSA) is 27.7 Å². The smallest absolute Gasteiger partial charge is 0.386 e. The van der Waals surface area contributed by atoms with Crippen LogP contribution in [-0.2, 0) is 20.6 Å². The third-order valence-corrected chi connectivity index (χ3v) is 1.83. The second-order valence-electron chi connectivity index (χ2n) is 3.00. The monoisotopic (exact) mass is 208 g/mol. The first-order valence-corrected chi connectivity index (χ1v) is 5.25. The van der Waals surface area contributed by atoms with Crippen LogP contribution in [0.15, 0.2) is 30.3 Å². The molecule has 0 radical (unpaired) electrons. The zero-order valence-electron chi connectivity index (χ0n) is 9.31. The Labute approximate surface area is 91.5 Å². The lowest BCUT2D eigenvalue weighted by Gasteiger charge is -2.12. The molecular weight excluding hydrogens is 191 g/mol. The fraction of sp³-hybridized carbons (Fsp3) is 0.455. The van der Waals surface area contributed by atoms with Gasteiger partial charge in [-0.25, -0.2) is 0 Å². The van der Waals surface area contributed by atoms with Crippen LogP contribution in [0.5, 0.6) is 0 Å². The number of hydrogen-bond donors (Lipinski definition) is 0. The molecule has 0 aromatic heterocycles. The minimum Gasteiger partial charge on any atom is -0.386 e. The van der Waals surface area contributed by atoms with Crippen molar-refractivity contribution in [2.75, 3.05) is 13.2 Å². The number of rotatable bonds is 7. The van der Waals surface area contributed by atoms with Crippen molar-refractivity contribution in [3.63, 3.8) is 0 Å². The van der Waals surface area contributed by atoms with Gasteiger partial charge in [0.1, 0.15) is 0 Å². The molecule has 0 atom stereocenters. The lowest BCUT2D eigenvalue weighted by atomic mass is 10.2. The highest BCUT2D eigenvalue weighted by Crippen LogP contribution is 2.03. The predicted octanol–water partition coefficient (Wildman–Crippen LogP) is 2.26. The molecule has 15 heavy (non-hydrogen) atoms. The standard InChI is InChI=1S/C11H17BO3/c1-3-13-12(14-4-2)15-10-11-8-6-5-7-9-11/h5-9H,3-4,10H2,1-2H3. The molecule has 0 amide bonds. The van der Waals surface area contributed by atoms with Gasteiger partial charge in [0.05, 0.1) is 6.61 Å². The average molecular weight is 208 g/mol. The van der Waals surface area contributed by atoms with Crippen molar-refractivity contribution in [2.24, 2.45) is 0 Å². The molecule has 0 saturated carbocycles. The molecular formula is C11H17BO3. The summed E-state index contributed by atoms with van der Waals surface area (Å²) >= 11 is 0. The molecule has 0 bridgehead atoms. The lowest BCUT2D eigenvalue weighted by molar-refractivity contribution is 0.0961. The maximum absolute atomic E-state index is 5.46. The first-order valence-electron chi connectivity index (χ1n) is 5.25. The number of hydrogen-bond acceptors (Lipinski definition) is 3. The van der Waals surface area contributed by atoms with Crippen molar-refractivity contribution < 1.29 is 14.0 Å². The molecule has 1 rings (SSSR count). The molecule has 3 nitrogen and oxygen atoms in total. The van der Waals surface area contributed by atoms with Gasteiger partial charge < -0.3 is 14.0 Å². The van der Waals surface area contributed by atoms with Gasteiger partial charge in [0.15, 0.2) is 0 Å². The maximum atomic E-state index is 5.46. The van der Waals surface area contributed by atoms with Gasteiger partial charge in [0.2, 0.25) is 0 Å². The lowest BCUT2D eigenvalue weighted by Crippen LogP contribution is -2.27. The van der Waals surface area contributed by atoms with Gasteiger partial charge in [-0.05, 0) is 19.4 Å². The third kappa shape index (κ3) is 4.97. The molecule has 0 aliphatic carbocycles. The van der Waals surface area contributed by atoms with Crippen molar-refractivity contribution in [1.29, 1.82) is 0 Å². The Balaban J connectivity index is 2.33. The molecule has 4 heteroatoms. The summed E-state index contributed by atoms with van der Waals surface area (Å²) in [4.78, 5) is 0. The van der Waals surface area contributed by atoms with Crippen LogP contribution in [0.2, 0.25) is 0 Å². The van der Waals surface area contributed by atoms with Gasteiger partial charge >= 0.3 is 7.32 Å². The summed E-state index contributed by atoms with van der Waals surface area (Å²) in [7, 11) is -0.555. The van der Waals surface area contributed by atoms with Crippen LogP contribution in [0.4, 0.5) is 0 Å². The maximum Gasteiger partial charge on any atom is 0.639 e. The molecule has 1 aromatic carbocycles. The Hall–Kier alpha value is -0.835. The summed E-state index contributed by atoms with van der Waals surface area (Å²) in [5, 5.41) is 0. The van der Waals surface area contributed by atoms with Crippen LogP contribution >= 0.6 is 0 Å². The summed E-state index contributed by atoms with van der Waals surface area (Å²) < 4.78 is 16.0. The Morgan fingerprint density at radius 2 is 1.53 bits per heavy atom. The molecule has 82 valence electrons. The van der Waals surface area contributed by atoms with Crippen LogP contribution in [0.1, 0.15) is 19.4 Å². The van der Waals surface area contributed by atoms with Crippen LogP contribution in [0, 0.1) is 0 Å². The summed E-state index contributed by atoms with van der Waals surface area (Å²) in [5.41, 5.74) is 1.11. The van der Waals surface area contributed by atoms with Crippen molar-refractivity contribution >= 4 is 7.32 Å². The van der Waals surface area contributed by atoms with Gasteiger partial charge in [0, 0.05) is 13.2 Å². The largest absolute Gasteiger partial charge is 0.639 e. The van der Waals surface area contributed by atoms with Gasteiger partial charge in [0.25, 0.3) is 0 Å². The first-order chi connectivity index (χ1) is 7.36. The minimum atomic E-state index is -0.555. The SMILES string of the molecule is CCOB(OCC)OCc1ccccc1. The van der Waals surface area contributed by atoms with Crippen LogP contribution in [0.25, 0.3) is 0 Å². The van der Waals surface area contributed by atoms with E-state index in [1.165, 1.54) is 0 Å². The second kappa shape index (κ2) is 7.46. The second-order valence-corrected chi connectivity index (χ2v) is 3.00. The zero-order valence-corrected chi connectivity index (χ0v) is 9.31. The molecule has 0 saturated heterocycles. The van der Waals surface area contributed by atoms with E-state index in [1.807, 2.05) is 44.2 Å². The van der Waals surface area contributed by atoms with Crippen LogP contribution < -0.4 is 0 Å². The van der Waals surface area contributed by atoms with E-state index in [1.54, 1.807) is 0 Å². The van der Waals surface area contributed by atoms with Crippen molar-refractivity contribution in [2.45, 2.75) is 20.5 Å². The molecule has 0 N–H and O–H groups in total. The van der Waals surface area contributed by atoms with Gasteiger partial charge in [-0.2, -0.15) is 0 Å². The quantitative estimate of drug-likeness (QED) is 0.643. The molecule has 1 aromatic rings. The van der Waals surface area contributed by atoms with Gasteiger partial charge in [-0.3, -0.25) is 0 Å². The molecule has 0 aliphatic rings. The fourth-order valence-corrected chi connectivity index (χ4v) is 1.16. The summed E-state index contributed by atoms with van der Waals surface area (Å²) in [6, 6.07) is 9.96. The Bertz CT molecular complexity index is 247. The zero-order chi connectivity index (χ0) is 10.9. The van der Waals surface area contributed by atoms with E-state index in [0.29, 0.717) is 19.8 Å². The van der Waals surface area contributed by atoms with Crippen LogP contribution in [-0.4, -0.2) is 20.5 Å². The Morgan fingerprint density at radius 3 is 2.07 bits per heavy atom. The van der Waals surface area contributed by atoms with E-state index in [2.05, 4.69) is 0 Å². The Morgan fingerprint density at radius 1 is 0.933 bits per heavy atom. The molecule has 0 aliphatic heterocycles. The van der Waals surface area contributed by atoms with E-state index in [9.17, 15) is 0 Å². The van der Waals surface area contributed by atoms with Crippen molar-refractivity contribution in [3.8, 4) is 0 Å². The van der Waals surface area contributed by atoms with E-state index < -0.39 is 7.32 Å². The molecule has 0 heterocycles. The van der Waals surface area contributed by atoms with Crippen LogP contribution in [0.3, 0.4) is 0 Å². The summed E-state index contributed by atoms with van der Waals surface area (Å²) in [6.45, 7) is 5.50. The minimum absolute atomic E-state index is 0.505. The summed E-state index contributed by atoms with van der Waals surface area (Å²) in [5.74, 6) is 0. The Kier molecular flexibility index (Phi) is 6.08. The van der Waals surface area contributed by atoms with Gasteiger partial charge in [-0.15, -0.1) is 0 Å². The highest BCUT2D eigenvalue weighted by molar-refractivity contribution is 6.36. The van der Waals surface area contributed by atoms with Gasteiger partial charge in [-0.1, -0.05) is 30.3 Å². The normalized spacial score (nSPS) is 10.3. The highest BCUT2D eigenvalue weighted by atomic mass is 16.7. The highest BCUT2D eigenvalue weighted by Gasteiger charge is 2.19. The van der Waals surface area contributed by atoms with E-state index >= 15 is 0 Å². The average Bonchev–Trinajstić information content (AvgIpc) is 2.28. The molecule has 0 unspecified atom stereocenters. The van der Waals surface area contributed by atoms with E-state index in [0.717, 1.165) is 5.56 Å².